The van der Waals surface area contributed by atoms with Crippen LogP contribution in [-0.2, 0) is 24.4 Å². The Morgan fingerprint density at radius 2 is 1.15 bits per heavy atom. The van der Waals surface area contributed by atoms with Crippen molar-refractivity contribution in [2.24, 2.45) is 40.9 Å². The number of rotatable bonds is 17. The number of nitrogens with zero attached hydrogens (tertiary/aromatic N) is 9. The molecule has 7 aromatic carbocycles. The number of phenols is 1. The Morgan fingerprint density at radius 1 is 0.618 bits per heavy atom. The van der Waals surface area contributed by atoms with Gasteiger partial charge in [0.05, 0.1) is 47.2 Å². The highest BCUT2D eigenvalue weighted by Gasteiger charge is 2.18. The van der Waals surface area contributed by atoms with E-state index < -0.39 is 16.1 Å². The maximum absolute atomic E-state index is 12.1. The van der Waals surface area contributed by atoms with Crippen molar-refractivity contribution < 1.29 is 37.5 Å². The van der Waals surface area contributed by atoms with Crippen LogP contribution in [0.2, 0.25) is 0 Å². The molecule has 0 saturated carbocycles. The fourth-order valence-corrected chi connectivity index (χ4v) is 7.31. The number of carbonyl (C=O) groups is 1. The van der Waals surface area contributed by atoms with Gasteiger partial charge in [0, 0.05) is 35.3 Å². The molecule has 0 radical (unpaired) electrons. The second kappa shape index (κ2) is 21.2. The van der Waals surface area contributed by atoms with Gasteiger partial charge in [0.25, 0.3) is 10.1 Å². The Hall–Kier alpha value is -8.48. The molecule has 0 heterocycles. The molecule has 0 atom stereocenters. The maximum Gasteiger partial charge on any atom is 0.437 e. The number of carboxylic acids is 1. The Bertz CT molecular complexity index is 3350. The lowest BCUT2D eigenvalue weighted by molar-refractivity contribution is -0.138. The Labute approximate surface area is 390 Å². The van der Waals surface area contributed by atoms with Crippen molar-refractivity contribution in [3.63, 3.8) is 0 Å². The number of aryl methyl sites for hydroxylation is 4. The number of anilines is 1. The second-order valence-electron chi connectivity index (χ2n) is 15.3. The van der Waals surface area contributed by atoms with Crippen molar-refractivity contribution in [2.45, 2.75) is 39.0 Å². The van der Waals surface area contributed by atoms with Crippen LogP contribution in [0.15, 0.2) is 173 Å². The fourth-order valence-electron chi connectivity index (χ4n) is 6.68. The molecule has 0 fully saturated rings. The number of benzene rings is 7. The normalized spacial score (nSPS) is 11.9. The number of hydrogen-bond acceptors (Lipinski definition) is 15. The molecule has 0 spiro atoms. The van der Waals surface area contributed by atoms with E-state index in [0.717, 1.165) is 27.9 Å². The summed E-state index contributed by atoms with van der Waals surface area (Å²) in [6.07, 6.45) is 1.87. The first-order valence-electron chi connectivity index (χ1n) is 20.8. The van der Waals surface area contributed by atoms with Crippen LogP contribution >= 0.6 is 0 Å². The minimum Gasteiger partial charge on any atom is -0.505 e. The fraction of sp³-hybridized carbons (Fsp3) is 0.143. The molecule has 0 amide bonds. The zero-order valence-electron chi connectivity index (χ0n) is 37.1. The zero-order valence-corrected chi connectivity index (χ0v) is 37.9. The van der Waals surface area contributed by atoms with Gasteiger partial charge in [-0.25, -0.2) is 0 Å². The SMILES string of the molecule is Cc1cc(N=Nc2cc(C)c(N=Nc3ccc4cc([N+](=C=O)c5ccc(NCOCCC(=O)O)cc5)ccc4c3O)cc2C)ccc1N=Nc1ccc(N=Nc2ccccc2S(=O)(=O)O)c(C)c1. The van der Waals surface area contributed by atoms with Crippen LogP contribution in [0.5, 0.6) is 5.75 Å². The number of phenolic OH excluding ortho intramolecular Hbond substituents is 1. The third kappa shape index (κ3) is 11.9. The van der Waals surface area contributed by atoms with Crippen LogP contribution in [0.4, 0.5) is 62.6 Å². The van der Waals surface area contributed by atoms with Crippen LogP contribution in [0.1, 0.15) is 28.7 Å². The van der Waals surface area contributed by atoms with E-state index in [2.05, 4.69) is 46.2 Å². The largest absolute Gasteiger partial charge is 0.505 e. The number of aliphatic carboxylic acids is 1. The molecule has 0 saturated heterocycles. The van der Waals surface area contributed by atoms with Gasteiger partial charge in [0.1, 0.15) is 23.0 Å². The van der Waals surface area contributed by atoms with Gasteiger partial charge in [-0.05, 0) is 140 Å². The predicted octanol–water partition coefficient (Wildman–Crippen LogP) is 13.7. The molecule has 4 N–H and O–H groups in total. The molecular formula is C49H43N10O8S+. The number of carbonyl (C=O) groups excluding carboxylic acids is 1. The lowest BCUT2D eigenvalue weighted by Gasteiger charge is -2.07. The molecule has 0 bridgehead atoms. The topological polar surface area (TPSA) is 252 Å². The van der Waals surface area contributed by atoms with E-state index in [4.69, 9.17) is 9.84 Å². The highest BCUT2D eigenvalue weighted by molar-refractivity contribution is 7.86. The van der Waals surface area contributed by atoms with Gasteiger partial charge < -0.3 is 20.3 Å². The van der Waals surface area contributed by atoms with Crippen molar-refractivity contribution in [1.29, 1.82) is 0 Å². The predicted molar refractivity (Wildman–Crippen MR) is 257 cm³/mol. The van der Waals surface area contributed by atoms with E-state index >= 15 is 0 Å². The molecule has 0 aromatic heterocycles. The number of hydrogen-bond donors (Lipinski definition) is 4. The minimum atomic E-state index is -4.46. The minimum absolute atomic E-state index is 0.0142. The summed E-state index contributed by atoms with van der Waals surface area (Å²) in [5.41, 5.74) is 8.75. The molecule has 7 rings (SSSR count). The third-order valence-electron chi connectivity index (χ3n) is 10.4. The van der Waals surface area contributed by atoms with Gasteiger partial charge in [-0.15, -0.1) is 10.2 Å². The first-order valence-corrected chi connectivity index (χ1v) is 22.2. The molecule has 0 aliphatic rings. The Morgan fingerprint density at radius 3 is 1.75 bits per heavy atom. The molecule has 7 aromatic rings. The smallest absolute Gasteiger partial charge is 0.437 e. The quantitative estimate of drug-likeness (QED) is 0.0129. The molecule has 0 aliphatic heterocycles. The second-order valence-corrected chi connectivity index (χ2v) is 16.7. The Kier molecular flexibility index (Phi) is 14.8. The monoisotopic (exact) mass is 931 g/mol. The van der Waals surface area contributed by atoms with Gasteiger partial charge >= 0.3 is 12.0 Å². The lowest BCUT2D eigenvalue weighted by Crippen LogP contribution is -2.09. The number of isocyanates is 1. The average Bonchev–Trinajstić information content (AvgIpc) is 3.31. The van der Waals surface area contributed by atoms with Gasteiger partial charge in [0.15, 0.2) is 5.75 Å². The van der Waals surface area contributed by atoms with Crippen LogP contribution in [0.25, 0.3) is 10.8 Å². The summed E-state index contributed by atoms with van der Waals surface area (Å²) in [4.78, 5) is 22.4. The molecule has 342 valence electrons. The highest BCUT2D eigenvalue weighted by atomic mass is 32.2. The zero-order chi connectivity index (χ0) is 48.4. The van der Waals surface area contributed by atoms with Crippen LogP contribution in [-0.4, -0.2) is 48.6 Å². The van der Waals surface area contributed by atoms with E-state index in [1.165, 1.54) is 22.8 Å². The molecule has 68 heavy (non-hydrogen) atoms. The molecular weight excluding hydrogens is 889 g/mol. The summed E-state index contributed by atoms with van der Waals surface area (Å²) < 4.78 is 39.5. The van der Waals surface area contributed by atoms with Crippen molar-refractivity contribution in [1.82, 2.24) is 4.58 Å². The Balaban J connectivity index is 0.977. The number of fused-ring (bicyclic) bond motifs is 1. The summed E-state index contributed by atoms with van der Waals surface area (Å²) in [5.74, 6) is -1.01. The molecule has 0 aliphatic carbocycles. The first kappa shape index (κ1) is 47.5. The van der Waals surface area contributed by atoms with Crippen molar-refractivity contribution in [2.75, 3.05) is 18.7 Å². The van der Waals surface area contributed by atoms with E-state index in [0.29, 0.717) is 56.3 Å². The van der Waals surface area contributed by atoms with E-state index in [1.54, 1.807) is 91.0 Å². The number of nitrogens with one attached hydrogen (secondary N) is 1. The first-order chi connectivity index (χ1) is 32.7. The maximum atomic E-state index is 12.1. The summed E-state index contributed by atoms with van der Waals surface area (Å²) in [6, 6.07) is 35.6. The van der Waals surface area contributed by atoms with Crippen molar-refractivity contribution in [3.8, 4) is 5.75 Å². The number of ether oxygens (including phenoxy) is 1. The van der Waals surface area contributed by atoms with Crippen molar-refractivity contribution in [3.05, 3.63) is 150 Å². The summed E-state index contributed by atoms with van der Waals surface area (Å²) in [7, 11) is -4.46. The average molecular weight is 932 g/mol. The van der Waals surface area contributed by atoms with Gasteiger partial charge in [-0.2, -0.15) is 43.9 Å². The number of azo groups is 4. The molecule has 18 nitrogen and oxygen atoms in total. The van der Waals surface area contributed by atoms with Gasteiger partial charge in [-0.3, -0.25) is 9.35 Å². The highest BCUT2D eigenvalue weighted by Crippen LogP contribution is 2.39. The van der Waals surface area contributed by atoms with Gasteiger partial charge in [0.2, 0.25) is 11.4 Å². The molecule has 0 unspecified atom stereocenters. The summed E-state index contributed by atoms with van der Waals surface area (Å²) >= 11 is 0. The summed E-state index contributed by atoms with van der Waals surface area (Å²) in [5, 5.41) is 58.9. The third-order valence-corrected chi connectivity index (χ3v) is 11.3. The van der Waals surface area contributed by atoms with Crippen LogP contribution in [0.3, 0.4) is 0 Å². The van der Waals surface area contributed by atoms with E-state index in [1.807, 2.05) is 52.0 Å². The van der Waals surface area contributed by atoms with Crippen LogP contribution in [0, 0.1) is 27.7 Å². The molecule has 19 heteroatoms. The number of carboxylic acid groups (broad SMARTS) is 1. The summed E-state index contributed by atoms with van der Waals surface area (Å²) in [6.45, 7) is 7.69. The number of aromatic hydroxyl groups is 1. The standard InChI is InChI=1S/C49H42N10O8S/c1-30-23-37(12-19-41(30)53-51-36-13-20-42(31(2)24-36)54-55-43-7-5-6-8-47(43)68(64,65)66)52-57-45-25-33(4)46(26-32(45)3)58-56-44-18-9-34-27-39(16-17-40(34)49(44)63)59(29-60)38-14-10-35(11-15-38)50-28-67-22-21-48(61)62/h5-20,23-27,50H,21-22,28H2,1-4H3,(H2-,51,52,55,58,61,62,63,64,65,66)/p+1. The van der Waals surface area contributed by atoms with E-state index in [-0.39, 0.29) is 41.8 Å². The van der Waals surface area contributed by atoms with Gasteiger partial charge in [-0.1, -0.05) is 22.8 Å². The van der Waals surface area contributed by atoms with E-state index in [9.17, 15) is 27.7 Å². The van der Waals surface area contributed by atoms with Crippen LogP contribution < -0.4 is 9.89 Å². The lowest BCUT2D eigenvalue weighted by atomic mass is 10.1. The van der Waals surface area contributed by atoms with Crippen molar-refractivity contribution >= 4 is 95.5 Å².